The van der Waals surface area contributed by atoms with E-state index in [1.807, 2.05) is 0 Å². The third-order valence-corrected chi connectivity index (χ3v) is 4.71. The van der Waals surface area contributed by atoms with Crippen LogP contribution in [0.1, 0.15) is 36.0 Å². The van der Waals surface area contributed by atoms with E-state index in [1.165, 1.54) is 27.5 Å². The molecule has 0 saturated heterocycles. The molecule has 0 radical (unpaired) electrons. The lowest BCUT2D eigenvalue weighted by molar-refractivity contribution is 0.792. The molecule has 2 aromatic heterocycles. The van der Waals surface area contributed by atoms with E-state index in [2.05, 4.69) is 55.5 Å². The molecule has 0 unspecified atom stereocenters. The number of hydrogen-bond acceptors (Lipinski definition) is 3. The van der Waals surface area contributed by atoms with Crippen molar-refractivity contribution < 1.29 is 0 Å². The van der Waals surface area contributed by atoms with E-state index < -0.39 is 0 Å². The zero-order valence-electron chi connectivity index (χ0n) is 12.8. The number of nitrogens with two attached hydrogens (primary N) is 1. The van der Waals surface area contributed by atoms with E-state index in [-0.39, 0.29) is 0 Å². The van der Waals surface area contributed by atoms with Crippen LogP contribution in [0.25, 0.3) is 16.2 Å². The zero-order valence-corrected chi connectivity index (χ0v) is 13.6. The Bertz CT molecular complexity index is 753. The monoisotopic (exact) mass is 299 g/mol. The molecule has 0 aliphatic carbocycles. The molecule has 2 N–H and O–H groups in total. The van der Waals surface area contributed by atoms with Gasteiger partial charge >= 0.3 is 0 Å². The quantitative estimate of drug-likeness (QED) is 0.791. The van der Waals surface area contributed by atoms with Gasteiger partial charge in [-0.15, -0.1) is 11.3 Å². The van der Waals surface area contributed by atoms with Crippen molar-refractivity contribution in [1.82, 2.24) is 9.38 Å². The van der Waals surface area contributed by atoms with Crippen LogP contribution in [-0.4, -0.2) is 15.9 Å². The predicted molar refractivity (Wildman–Crippen MR) is 90.1 cm³/mol. The summed E-state index contributed by atoms with van der Waals surface area (Å²) in [4.78, 5) is 7.25. The molecule has 2 heterocycles. The van der Waals surface area contributed by atoms with Crippen molar-refractivity contribution in [3.63, 3.8) is 0 Å². The van der Waals surface area contributed by atoms with Gasteiger partial charge in [0.1, 0.15) is 0 Å². The number of aromatic nitrogens is 2. The molecule has 0 aliphatic heterocycles. The number of benzene rings is 1. The summed E-state index contributed by atoms with van der Waals surface area (Å²) in [5, 5.41) is 0. The number of thiazole rings is 1. The minimum atomic E-state index is 0.419. The smallest absolute Gasteiger partial charge is 0.194 e. The molecule has 3 rings (SSSR count). The van der Waals surface area contributed by atoms with Crippen molar-refractivity contribution in [3.8, 4) is 11.3 Å². The largest absolute Gasteiger partial charge is 0.330 e. The first-order valence-electron chi connectivity index (χ1n) is 7.39. The van der Waals surface area contributed by atoms with Gasteiger partial charge in [-0.1, -0.05) is 44.2 Å². The molecule has 0 fully saturated rings. The van der Waals surface area contributed by atoms with Crippen LogP contribution in [-0.2, 0) is 6.42 Å². The molecule has 0 aliphatic rings. The van der Waals surface area contributed by atoms with E-state index in [9.17, 15) is 0 Å². The second-order valence-corrected chi connectivity index (χ2v) is 6.81. The fourth-order valence-electron chi connectivity index (χ4n) is 2.86. The van der Waals surface area contributed by atoms with Crippen molar-refractivity contribution in [3.05, 3.63) is 46.6 Å². The maximum Gasteiger partial charge on any atom is 0.194 e. The average Bonchev–Trinajstić information content (AvgIpc) is 2.96. The zero-order chi connectivity index (χ0) is 15.0. The van der Waals surface area contributed by atoms with Crippen LogP contribution in [0.2, 0.25) is 0 Å². The van der Waals surface area contributed by atoms with Crippen LogP contribution in [0.15, 0.2) is 30.3 Å². The highest BCUT2D eigenvalue weighted by Crippen LogP contribution is 2.35. The van der Waals surface area contributed by atoms with Crippen LogP contribution >= 0.6 is 11.3 Å². The van der Waals surface area contributed by atoms with Crippen LogP contribution < -0.4 is 5.73 Å². The lowest BCUT2D eigenvalue weighted by atomic mass is 10.1. The van der Waals surface area contributed by atoms with E-state index in [0.29, 0.717) is 12.5 Å². The van der Waals surface area contributed by atoms with Gasteiger partial charge in [-0.3, -0.25) is 4.40 Å². The van der Waals surface area contributed by atoms with Crippen LogP contribution in [0, 0.1) is 6.92 Å². The molecular weight excluding hydrogens is 278 g/mol. The van der Waals surface area contributed by atoms with Gasteiger partial charge in [-0.2, -0.15) is 0 Å². The summed E-state index contributed by atoms with van der Waals surface area (Å²) < 4.78 is 2.32. The SMILES string of the molecule is Cc1sc2nc(C(C)C)c(CCN)n2c1-c1ccccc1. The minimum Gasteiger partial charge on any atom is -0.330 e. The van der Waals surface area contributed by atoms with Crippen LogP contribution in [0.4, 0.5) is 0 Å². The Hall–Kier alpha value is -1.65. The number of nitrogens with zero attached hydrogens (tertiary/aromatic N) is 2. The van der Waals surface area contributed by atoms with Crippen LogP contribution in [0.3, 0.4) is 0 Å². The Balaban J connectivity index is 2.31. The van der Waals surface area contributed by atoms with Crippen molar-refractivity contribution in [2.24, 2.45) is 5.73 Å². The molecule has 21 heavy (non-hydrogen) atoms. The van der Waals surface area contributed by atoms with Crippen molar-refractivity contribution in [2.45, 2.75) is 33.1 Å². The van der Waals surface area contributed by atoms with Gasteiger partial charge in [0.15, 0.2) is 4.96 Å². The van der Waals surface area contributed by atoms with Gasteiger partial charge in [0.05, 0.1) is 11.4 Å². The summed E-state index contributed by atoms with van der Waals surface area (Å²) in [6.07, 6.45) is 0.866. The molecule has 4 heteroatoms. The third kappa shape index (κ3) is 2.39. The Morgan fingerprint density at radius 3 is 2.57 bits per heavy atom. The first kappa shape index (κ1) is 14.3. The molecule has 0 amide bonds. The van der Waals surface area contributed by atoms with Crippen molar-refractivity contribution in [1.29, 1.82) is 0 Å². The lowest BCUT2D eigenvalue weighted by Crippen LogP contribution is -2.08. The first-order valence-corrected chi connectivity index (χ1v) is 8.21. The molecular formula is C17H21N3S. The Morgan fingerprint density at radius 2 is 1.95 bits per heavy atom. The highest BCUT2D eigenvalue weighted by atomic mass is 32.1. The van der Waals surface area contributed by atoms with Gasteiger partial charge in [0.25, 0.3) is 0 Å². The molecule has 0 spiro atoms. The number of imidazole rings is 1. The lowest BCUT2D eigenvalue weighted by Gasteiger charge is -2.09. The van der Waals surface area contributed by atoms with Crippen molar-refractivity contribution in [2.75, 3.05) is 6.54 Å². The molecule has 3 aromatic rings. The summed E-state index contributed by atoms with van der Waals surface area (Å²) in [6.45, 7) is 7.21. The maximum absolute atomic E-state index is 5.84. The summed E-state index contributed by atoms with van der Waals surface area (Å²) in [5.74, 6) is 0.419. The molecule has 1 aromatic carbocycles. The molecule has 0 atom stereocenters. The van der Waals surface area contributed by atoms with Gasteiger partial charge in [-0.25, -0.2) is 4.98 Å². The Labute approximate surface area is 129 Å². The second-order valence-electron chi connectivity index (χ2n) is 5.63. The number of hydrogen-bond donors (Lipinski definition) is 1. The fourth-order valence-corrected chi connectivity index (χ4v) is 3.87. The maximum atomic E-state index is 5.84. The molecule has 0 saturated carbocycles. The normalized spacial score (nSPS) is 11.7. The summed E-state index contributed by atoms with van der Waals surface area (Å²) >= 11 is 1.76. The Kier molecular flexibility index (Phi) is 3.83. The second kappa shape index (κ2) is 5.62. The highest BCUT2D eigenvalue weighted by Gasteiger charge is 2.20. The fraction of sp³-hybridized carbons (Fsp3) is 0.353. The first-order chi connectivity index (χ1) is 10.1. The standard InChI is InChI=1S/C17H21N3S/c1-11(2)15-14(9-10-18)20-16(12(3)21-17(20)19-15)13-7-5-4-6-8-13/h4-8,11H,9-10,18H2,1-3H3. The van der Waals surface area contributed by atoms with Gasteiger partial charge < -0.3 is 5.73 Å². The van der Waals surface area contributed by atoms with E-state index in [0.717, 1.165) is 11.4 Å². The average molecular weight is 299 g/mol. The molecule has 3 nitrogen and oxygen atoms in total. The van der Waals surface area contributed by atoms with E-state index in [4.69, 9.17) is 10.7 Å². The third-order valence-electron chi connectivity index (χ3n) is 3.75. The molecule has 110 valence electrons. The predicted octanol–water partition coefficient (Wildman–Crippen LogP) is 4.00. The van der Waals surface area contributed by atoms with Gasteiger partial charge in [0.2, 0.25) is 0 Å². The summed E-state index contributed by atoms with van der Waals surface area (Å²) in [6, 6.07) is 10.5. The van der Waals surface area contributed by atoms with Gasteiger partial charge in [-0.05, 0) is 24.9 Å². The molecule has 0 bridgehead atoms. The number of fused-ring (bicyclic) bond motifs is 1. The minimum absolute atomic E-state index is 0.419. The number of rotatable bonds is 4. The van der Waals surface area contributed by atoms with Gasteiger partial charge in [0, 0.05) is 17.0 Å². The summed E-state index contributed by atoms with van der Waals surface area (Å²) in [7, 11) is 0. The Morgan fingerprint density at radius 1 is 1.24 bits per heavy atom. The highest BCUT2D eigenvalue weighted by molar-refractivity contribution is 7.17. The number of aryl methyl sites for hydroxylation is 1. The van der Waals surface area contributed by atoms with E-state index >= 15 is 0 Å². The van der Waals surface area contributed by atoms with E-state index in [1.54, 1.807) is 11.3 Å². The van der Waals surface area contributed by atoms with Crippen LogP contribution in [0.5, 0.6) is 0 Å². The topological polar surface area (TPSA) is 43.3 Å². The summed E-state index contributed by atoms with van der Waals surface area (Å²) in [5.41, 5.74) is 10.8. The van der Waals surface area contributed by atoms with Crippen molar-refractivity contribution >= 4 is 16.3 Å².